The Bertz CT molecular complexity index is 506. The van der Waals surface area contributed by atoms with Crippen LogP contribution in [0.2, 0.25) is 0 Å². The van der Waals surface area contributed by atoms with Gasteiger partial charge in [-0.3, -0.25) is 9.78 Å². The van der Waals surface area contributed by atoms with Gasteiger partial charge in [-0.05, 0) is 30.7 Å². The summed E-state index contributed by atoms with van der Waals surface area (Å²) in [6.45, 7) is 1.94. The molecule has 0 aliphatic rings. The van der Waals surface area contributed by atoms with Crippen molar-refractivity contribution in [3.63, 3.8) is 0 Å². The van der Waals surface area contributed by atoms with Gasteiger partial charge in [-0.15, -0.1) is 0 Å². The summed E-state index contributed by atoms with van der Waals surface area (Å²) in [7, 11) is 0. The summed E-state index contributed by atoms with van der Waals surface area (Å²) in [4.78, 5) is 15.2. The van der Waals surface area contributed by atoms with Crippen molar-refractivity contribution in [3.05, 3.63) is 41.6 Å². The molecule has 0 aliphatic carbocycles. The fourth-order valence-corrected chi connectivity index (χ4v) is 1.51. The van der Waals surface area contributed by atoms with Gasteiger partial charge in [0.25, 0.3) is 0 Å². The molecule has 0 fully saturated rings. The Labute approximate surface area is 81.6 Å². The molecular formula is C11H10N2O. The quantitative estimate of drug-likeness (QED) is 0.736. The molecule has 0 saturated heterocycles. The summed E-state index contributed by atoms with van der Waals surface area (Å²) >= 11 is 0. The molecule has 0 radical (unpaired) electrons. The summed E-state index contributed by atoms with van der Waals surface area (Å²) in [6, 6.07) is 7.35. The van der Waals surface area contributed by atoms with E-state index in [1.54, 1.807) is 18.3 Å². The number of primary amides is 1. The van der Waals surface area contributed by atoms with Crippen molar-refractivity contribution in [3.8, 4) is 0 Å². The fourth-order valence-electron chi connectivity index (χ4n) is 1.51. The smallest absolute Gasteiger partial charge is 0.248 e. The number of carbonyl (C=O) groups excluding carboxylic acids is 1. The molecule has 1 heterocycles. The minimum absolute atomic E-state index is 0.416. The molecule has 0 aliphatic heterocycles. The van der Waals surface area contributed by atoms with Crippen molar-refractivity contribution in [2.24, 2.45) is 5.73 Å². The second-order valence-electron chi connectivity index (χ2n) is 3.23. The summed E-state index contributed by atoms with van der Waals surface area (Å²) in [5, 5.41) is 1.05. The van der Waals surface area contributed by atoms with Gasteiger partial charge in [-0.1, -0.05) is 6.07 Å². The maximum Gasteiger partial charge on any atom is 0.248 e. The Morgan fingerprint density at radius 2 is 2.21 bits per heavy atom. The molecule has 0 saturated carbocycles. The van der Waals surface area contributed by atoms with Crippen LogP contribution in [0.4, 0.5) is 0 Å². The zero-order chi connectivity index (χ0) is 10.1. The number of aromatic nitrogens is 1. The van der Waals surface area contributed by atoms with E-state index in [0.717, 1.165) is 16.5 Å². The van der Waals surface area contributed by atoms with Gasteiger partial charge in [-0.2, -0.15) is 0 Å². The lowest BCUT2D eigenvalue weighted by molar-refractivity contribution is 0.100. The van der Waals surface area contributed by atoms with Gasteiger partial charge >= 0.3 is 0 Å². The van der Waals surface area contributed by atoms with E-state index in [4.69, 9.17) is 5.73 Å². The lowest BCUT2D eigenvalue weighted by Gasteiger charge is -2.03. The molecule has 1 amide bonds. The van der Waals surface area contributed by atoms with Crippen LogP contribution in [0.5, 0.6) is 0 Å². The molecule has 3 heteroatoms. The topological polar surface area (TPSA) is 56.0 Å². The van der Waals surface area contributed by atoms with Gasteiger partial charge < -0.3 is 5.73 Å². The molecule has 2 rings (SSSR count). The Kier molecular flexibility index (Phi) is 1.93. The molecule has 0 spiro atoms. The number of hydrogen-bond acceptors (Lipinski definition) is 2. The van der Waals surface area contributed by atoms with Gasteiger partial charge in [0.05, 0.1) is 5.52 Å². The number of fused-ring (bicyclic) bond motifs is 1. The lowest BCUT2D eigenvalue weighted by atomic mass is 10.1. The van der Waals surface area contributed by atoms with Gasteiger partial charge in [0, 0.05) is 17.1 Å². The highest BCUT2D eigenvalue weighted by molar-refractivity contribution is 5.97. The highest BCUT2D eigenvalue weighted by Gasteiger charge is 2.04. The van der Waals surface area contributed by atoms with E-state index in [0.29, 0.717) is 5.56 Å². The van der Waals surface area contributed by atoms with Crippen LogP contribution in [0.3, 0.4) is 0 Å². The van der Waals surface area contributed by atoms with Crippen LogP contribution >= 0.6 is 0 Å². The second kappa shape index (κ2) is 3.10. The number of carbonyl (C=O) groups is 1. The van der Waals surface area contributed by atoms with Gasteiger partial charge in [-0.25, -0.2) is 0 Å². The van der Waals surface area contributed by atoms with Crippen molar-refractivity contribution in [2.45, 2.75) is 6.92 Å². The van der Waals surface area contributed by atoms with Crippen molar-refractivity contribution in [1.82, 2.24) is 4.98 Å². The van der Waals surface area contributed by atoms with E-state index < -0.39 is 5.91 Å². The van der Waals surface area contributed by atoms with Crippen LogP contribution in [0.25, 0.3) is 10.9 Å². The molecule has 70 valence electrons. The number of nitrogens with zero attached hydrogens (tertiary/aromatic N) is 1. The Balaban J connectivity index is 2.78. The third-order valence-corrected chi connectivity index (χ3v) is 2.21. The largest absolute Gasteiger partial charge is 0.366 e. The van der Waals surface area contributed by atoms with Crippen molar-refractivity contribution >= 4 is 16.8 Å². The molecule has 1 aromatic heterocycles. The minimum Gasteiger partial charge on any atom is -0.366 e. The Hall–Kier alpha value is -1.90. The number of hydrogen-bond donors (Lipinski definition) is 1. The molecular weight excluding hydrogens is 176 g/mol. The van der Waals surface area contributed by atoms with Gasteiger partial charge in [0.2, 0.25) is 5.91 Å². The molecule has 3 nitrogen and oxygen atoms in total. The second-order valence-corrected chi connectivity index (χ2v) is 3.23. The van der Waals surface area contributed by atoms with Crippen molar-refractivity contribution < 1.29 is 4.79 Å². The van der Waals surface area contributed by atoms with Crippen LogP contribution in [0.1, 0.15) is 15.9 Å². The lowest BCUT2D eigenvalue weighted by Crippen LogP contribution is -2.11. The summed E-state index contributed by atoms with van der Waals surface area (Å²) < 4.78 is 0. The van der Waals surface area contributed by atoms with E-state index in [1.807, 2.05) is 19.1 Å². The number of pyridine rings is 1. The highest BCUT2D eigenvalue weighted by atomic mass is 16.1. The summed E-state index contributed by atoms with van der Waals surface area (Å²) in [6.07, 6.45) is 1.70. The molecule has 2 N–H and O–H groups in total. The van der Waals surface area contributed by atoms with E-state index in [-0.39, 0.29) is 0 Å². The van der Waals surface area contributed by atoms with Crippen LogP contribution in [-0.4, -0.2) is 10.9 Å². The van der Waals surface area contributed by atoms with Crippen LogP contribution in [-0.2, 0) is 0 Å². The molecule has 14 heavy (non-hydrogen) atoms. The normalized spacial score (nSPS) is 10.4. The average molecular weight is 186 g/mol. The first-order chi connectivity index (χ1) is 6.68. The first-order valence-corrected chi connectivity index (χ1v) is 4.33. The maximum absolute atomic E-state index is 11.0. The average Bonchev–Trinajstić information content (AvgIpc) is 2.17. The fraction of sp³-hybridized carbons (Fsp3) is 0.0909. The van der Waals surface area contributed by atoms with Crippen LogP contribution < -0.4 is 5.73 Å². The minimum atomic E-state index is -0.416. The highest BCUT2D eigenvalue weighted by Crippen LogP contribution is 2.17. The molecule has 2 aromatic rings. The number of benzene rings is 1. The Morgan fingerprint density at radius 1 is 1.43 bits per heavy atom. The zero-order valence-electron chi connectivity index (χ0n) is 7.82. The van der Waals surface area contributed by atoms with Crippen LogP contribution in [0, 0.1) is 6.92 Å². The molecule has 1 aromatic carbocycles. The molecule has 0 atom stereocenters. The first-order valence-electron chi connectivity index (χ1n) is 4.33. The predicted molar refractivity (Wildman–Crippen MR) is 55.0 cm³/mol. The third kappa shape index (κ3) is 1.33. The van der Waals surface area contributed by atoms with Gasteiger partial charge in [0.15, 0.2) is 0 Å². The van der Waals surface area contributed by atoms with Gasteiger partial charge in [0.1, 0.15) is 0 Å². The predicted octanol–water partition coefficient (Wildman–Crippen LogP) is 1.64. The van der Waals surface area contributed by atoms with E-state index >= 15 is 0 Å². The third-order valence-electron chi connectivity index (χ3n) is 2.21. The van der Waals surface area contributed by atoms with E-state index in [9.17, 15) is 4.79 Å². The summed E-state index contributed by atoms with van der Waals surface area (Å²) in [5.41, 5.74) is 7.54. The summed E-state index contributed by atoms with van der Waals surface area (Å²) in [5.74, 6) is -0.416. The monoisotopic (exact) mass is 186 g/mol. The maximum atomic E-state index is 11.0. The number of nitrogens with two attached hydrogens (primary N) is 1. The molecule has 0 bridgehead atoms. The van der Waals surface area contributed by atoms with E-state index in [2.05, 4.69) is 4.98 Å². The zero-order valence-corrected chi connectivity index (χ0v) is 7.82. The molecule has 0 unspecified atom stereocenters. The van der Waals surface area contributed by atoms with Crippen molar-refractivity contribution in [1.29, 1.82) is 0 Å². The number of rotatable bonds is 1. The Morgan fingerprint density at radius 3 is 2.93 bits per heavy atom. The SMILES string of the molecule is Cc1cc(C(N)=O)cc2ncccc12. The first kappa shape index (κ1) is 8.69. The standard InChI is InChI=1S/C11H10N2O/c1-7-5-8(11(12)14)6-10-9(7)3-2-4-13-10/h2-6H,1H3,(H2,12,14). The van der Waals surface area contributed by atoms with Crippen molar-refractivity contribution in [2.75, 3.05) is 0 Å². The van der Waals surface area contributed by atoms with E-state index in [1.165, 1.54) is 0 Å². The number of amides is 1. The van der Waals surface area contributed by atoms with Crippen LogP contribution in [0.15, 0.2) is 30.5 Å². The number of aryl methyl sites for hydroxylation is 1.